The molecule has 8 heteroatoms. The van der Waals surface area contributed by atoms with Crippen molar-refractivity contribution in [3.05, 3.63) is 23.5 Å². The summed E-state index contributed by atoms with van der Waals surface area (Å²) < 4.78 is 4.53. The predicted octanol–water partition coefficient (Wildman–Crippen LogP) is 1.27. The van der Waals surface area contributed by atoms with Gasteiger partial charge in [-0.05, 0) is 6.07 Å². The molecule has 1 aromatic heterocycles. The number of ether oxygens (including phenoxy) is 1. The monoisotopic (exact) mass is 316 g/mol. The van der Waals surface area contributed by atoms with Gasteiger partial charge in [0, 0.05) is 25.8 Å². The molecule has 1 aliphatic heterocycles. The van der Waals surface area contributed by atoms with E-state index in [4.69, 9.17) is 6.42 Å². The van der Waals surface area contributed by atoms with Gasteiger partial charge >= 0.3 is 5.97 Å². The first-order chi connectivity index (χ1) is 11.0. The number of esters is 1. The van der Waals surface area contributed by atoms with Gasteiger partial charge in [-0.25, -0.2) is 9.78 Å². The van der Waals surface area contributed by atoms with Crippen LogP contribution in [0.2, 0.25) is 0 Å². The molecule has 1 amide bonds. The van der Waals surface area contributed by atoms with Gasteiger partial charge in [-0.1, -0.05) is 0 Å². The highest BCUT2D eigenvalue weighted by molar-refractivity contribution is 5.99. The number of rotatable bonds is 7. The number of aromatic hydroxyl groups is 1. The second kappa shape index (κ2) is 6.87. The normalized spacial score (nSPS) is 13.9. The molecule has 0 aliphatic carbocycles. The van der Waals surface area contributed by atoms with Crippen LogP contribution in [0.15, 0.2) is 22.5 Å². The van der Waals surface area contributed by atoms with Crippen LogP contribution in [0.4, 0.5) is 0 Å². The highest BCUT2D eigenvalue weighted by Gasteiger charge is 2.38. The van der Waals surface area contributed by atoms with E-state index in [-0.39, 0.29) is 17.0 Å². The van der Waals surface area contributed by atoms with E-state index in [1.165, 1.54) is 13.2 Å². The number of nitrogens with one attached hydrogen (secondary N) is 1. The topological polar surface area (TPSA) is 113 Å². The number of amides is 1. The fraction of sp³-hybridized carbons (Fsp3) is 0.400. The number of methoxy groups -OCH3 is 1. The van der Waals surface area contributed by atoms with Crippen molar-refractivity contribution in [2.24, 2.45) is 10.2 Å². The molecule has 0 radical (unpaired) electrons. The second-order valence-electron chi connectivity index (χ2n) is 4.97. The van der Waals surface area contributed by atoms with Crippen molar-refractivity contribution in [2.45, 2.75) is 24.9 Å². The zero-order valence-corrected chi connectivity index (χ0v) is 12.6. The molecule has 0 fully saturated rings. The Labute approximate surface area is 133 Å². The molecule has 120 valence electrons. The lowest BCUT2D eigenvalue weighted by atomic mass is 10.0. The molecular formula is C15H16N4O4. The Kier molecular flexibility index (Phi) is 4.91. The molecular weight excluding hydrogens is 300 g/mol. The van der Waals surface area contributed by atoms with E-state index in [0.29, 0.717) is 25.8 Å². The van der Waals surface area contributed by atoms with Gasteiger partial charge in [0.15, 0.2) is 5.66 Å². The smallest absolute Gasteiger partial charge is 0.356 e. The maximum atomic E-state index is 12.1. The van der Waals surface area contributed by atoms with Crippen LogP contribution >= 0.6 is 0 Å². The molecule has 8 nitrogen and oxygen atoms in total. The summed E-state index contributed by atoms with van der Waals surface area (Å²) in [5.74, 6) is 0.989. The van der Waals surface area contributed by atoms with Crippen molar-refractivity contribution in [1.29, 1.82) is 0 Å². The van der Waals surface area contributed by atoms with Gasteiger partial charge in [0.2, 0.25) is 0 Å². The number of carbonyl (C=O) groups excluding carboxylic acids is 2. The van der Waals surface area contributed by atoms with Crippen LogP contribution in [-0.2, 0) is 4.74 Å². The standard InChI is InChI=1S/C15H16N4O4/c1-3-4-5-15(18-19-15)6-7-16-13(21)10-8-11(14(22)23-2)17-9-12(10)20/h1,8-9,20H,4-7H2,2H3,(H,16,21). The largest absolute Gasteiger partial charge is 0.505 e. The summed E-state index contributed by atoms with van der Waals surface area (Å²) in [6, 6.07) is 1.18. The van der Waals surface area contributed by atoms with E-state index in [9.17, 15) is 14.7 Å². The van der Waals surface area contributed by atoms with Crippen LogP contribution in [0.1, 0.15) is 40.1 Å². The van der Waals surface area contributed by atoms with E-state index < -0.39 is 17.5 Å². The molecule has 0 unspecified atom stereocenters. The summed E-state index contributed by atoms with van der Waals surface area (Å²) in [7, 11) is 1.20. The Balaban J connectivity index is 1.93. The first kappa shape index (κ1) is 16.4. The van der Waals surface area contributed by atoms with Crippen molar-refractivity contribution in [3.63, 3.8) is 0 Å². The lowest BCUT2D eigenvalue weighted by Crippen LogP contribution is -2.28. The number of hydrogen-bond acceptors (Lipinski definition) is 7. The van der Waals surface area contributed by atoms with E-state index in [1.807, 2.05) is 0 Å². The third kappa shape index (κ3) is 4.03. The van der Waals surface area contributed by atoms with Gasteiger partial charge in [-0.15, -0.1) is 12.3 Å². The summed E-state index contributed by atoms with van der Waals surface area (Å²) in [5.41, 5.74) is -0.604. The fourth-order valence-electron chi connectivity index (χ4n) is 1.99. The molecule has 0 bridgehead atoms. The molecule has 1 aliphatic rings. The third-order valence-electron chi connectivity index (χ3n) is 3.39. The first-order valence-corrected chi connectivity index (χ1v) is 6.94. The van der Waals surface area contributed by atoms with Crippen molar-refractivity contribution in [1.82, 2.24) is 10.3 Å². The molecule has 0 atom stereocenters. The van der Waals surface area contributed by atoms with E-state index in [1.54, 1.807) is 0 Å². The van der Waals surface area contributed by atoms with Gasteiger partial charge in [-0.2, -0.15) is 10.2 Å². The van der Waals surface area contributed by atoms with Gasteiger partial charge in [0.1, 0.15) is 11.4 Å². The molecule has 0 saturated carbocycles. The average molecular weight is 316 g/mol. The zero-order chi connectivity index (χ0) is 16.9. The lowest BCUT2D eigenvalue weighted by molar-refractivity contribution is 0.0594. The van der Waals surface area contributed by atoms with Gasteiger partial charge < -0.3 is 15.2 Å². The van der Waals surface area contributed by atoms with Crippen LogP contribution in [0.3, 0.4) is 0 Å². The summed E-state index contributed by atoms with van der Waals surface area (Å²) in [5, 5.41) is 20.3. The van der Waals surface area contributed by atoms with Crippen molar-refractivity contribution >= 4 is 11.9 Å². The maximum absolute atomic E-state index is 12.1. The Bertz CT molecular complexity index is 687. The van der Waals surface area contributed by atoms with E-state index in [0.717, 1.165) is 6.20 Å². The van der Waals surface area contributed by atoms with Gasteiger partial charge in [-0.3, -0.25) is 4.79 Å². The predicted molar refractivity (Wildman–Crippen MR) is 79.8 cm³/mol. The summed E-state index contributed by atoms with van der Waals surface area (Å²) >= 11 is 0. The molecule has 1 aromatic rings. The van der Waals surface area contributed by atoms with Crippen LogP contribution < -0.4 is 5.32 Å². The summed E-state index contributed by atoms with van der Waals surface area (Å²) in [6.45, 7) is 0.311. The Morgan fingerprint density at radius 1 is 1.43 bits per heavy atom. The molecule has 2 N–H and O–H groups in total. The van der Waals surface area contributed by atoms with Crippen molar-refractivity contribution in [3.8, 4) is 18.1 Å². The minimum atomic E-state index is -0.692. The number of pyridine rings is 1. The number of nitrogens with zero attached hydrogens (tertiary/aromatic N) is 3. The highest BCUT2D eigenvalue weighted by Crippen LogP contribution is 2.36. The zero-order valence-electron chi connectivity index (χ0n) is 12.6. The van der Waals surface area contributed by atoms with Crippen molar-refractivity contribution in [2.75, 3.05) is 13.7 Å². The molecule has 2 heterocycles. The SMILES string of the molecule is C#CCCC1(CCNC(=O)c2cc(C(=O)OC)ncc2O)N=N1. The van der Waals surface area contributed by atoms with Crippen LogP contribution in [-0.4, -0.2) is 41.3 Å². The Hall–Kier alpha value is -2.95. The average Bonchev–Trinajstić information content (AvgIpc) is 3.32. The van der Waals surface area contributed by atoms with Crippen LogP contribution in [0.5, 0.6) is 5.75 Å². The minimum absolute atomic E-state index is 0.0530. The number of carbonyl (C=O) groups is 2. The minimum Gasteiger partial charge on any atom is -0.505 e. The first-order valence-electron chi connectivity index (χ1n) is 6.94. The van der Waals surface area contributed by atoms with Gasteiger partial charge in [0.05, 0.1) is 18.9 Å². The number of hydrogen-bond donors (Lipinski definition) is 2. The van der Waals surface area contributed by atoms with Gasteiger partial charge in [0.25, 0.3) is 5.91 Å². The molecule has 2 rings (SSSR count). The second-order valence-corrected chi connectivity index (χ2v) is 4.97. The Morgan fingerprint density at radius 2 is 2.17 bits per heavy atom. The molecule has 0 spiro atoms. The molecule has 23 heavy (non-hydrogen) atoms. The number of aromatic nitrogens is 1. The molecule has 0 saturated heterocycles. The van der Waals surface area contributed by atoms with Crippen LogP contribution in [0, 0.1) is 12.3 Å². The van der Waals surface area contributed by atoms with Crippen molar-refractivity contribution < 1.29 is 19.4 Å². The fourth-order valence-corrected chi connectivity index (χ4v) is 1.99. The number of terminal acetylenes is 1. The third-order valence-corrected chi connectivity index (χ3v) is 3.39. The quantitative estimate of drug-likeness (QED) is 0.581. The van der Waals surface area contributed by atoms with E-state index >= 15 is 0 Å². The summed E-state index contributed by atoms with van der Waals surface area (Å²) in [6.07, 6.45) is 7.97. The maximum Gasteiger partial charge on any atom is 0.356 e. The summed E-state index contributed by atoms with van der Waals surface area (Å²) in [4.78, 5) is 27.2. The highest BCUT2D eigenvalue weighted by atomic mass is 16.5. The van der Waals surface area contributed by atoms with Crippen LogP contribution in [0.25, 0.3) is 0 Å². The van der Waals surface area contributed by atoms with E-state index in [2.05, 4.69) is 31.2 Å². The molecule has 0 aromatic carbocycles. The Morgan fingerprint density at radius 3 is 2.78 bits per heavy atom. The lowest BCUT2D eigenvalue weighted by Gasteiger charge is -2.11.